The van der Waals surface area contributed by atoms with Crippen molar-refractivity contribution in [3.05, 3.63) is 22.2 Å². The normalized spacial score (nSPS) is 14.9. The van der Waals surface area contributed by atoms with E-state index >= 15 is 0 Å². The molecule has 0 spiro atoms. The largest absolute Gasteiger partial charge is 0.486 e. The Kier molecular flexibility index (Phi) is 4.17. The Bertz CT molecular complexity index is 500. The number of fused-ring (bicyclic) bond motifs is 1. The van der Waals surface area contributed by atoms with E-state index in [1.54, 1.807) is 6.07 Å². The van der Waals surface area contributed by atoms with Crippen LogP contribution in [0.4, 0.5) is 0 Å². The SMILES string of the molecule is CCc1c2c(cc(Cl)c1C(O)C(=O)OC)OCCO2. The van der Waals surface area contributed by atoms with Gasteiger partial charge in [-0.1, -0.05) is 18.5 Å². The molecule has 1 unspecified atom stereocenters. The number of carbonyl (C=O) groups excluding carboxylic acids is 1. The molecule has 0 aromatic heterocycles. The zero-order valence-electron chi connectivity index (χ0n) is 10.7. The maximum atomic E-state index is 11.5. The van der Waals surface area contributed by atoms with Crippen LogP contribution in [0.15, 0.2) is 6.07 Å². The van der Waals surface area contributed by atoms with Crippen molar-refractivity contribution in [3.63, 3.8) is 0 Å². The van der Waals surface area contributed by atoms with E-state index in [4.69, 9.17) is 21.1 Å². The third kappa shape index (κ3) is 2.48. The molecule has 0 aliphatic carbocycles. The van der Waals surface area contributed by atoms with E-state index < -0.39 is 12.1 Å². The van der Waals surface area contributed by atoms with Gasteiger partial charge >= 0.3 is 5.97 Å². The number of carbonyl (C=O) groups is 1. The van der Waals surface area contributed by atoms with E-state index in [1.807, 2.05) is 6.92 Å². The van der Waals surface area contributed by atoms with Gasteiger partial charge in [-0.3, -0.25) is 0 Å². The van der Waals surface area contributed by atoms with Gasteiger partial charge in [-0.2, -0.15) is 0 Å². The van der Waals surface area contributed by atoms with Crippen LogP contribution in [0, 0.1) is 0 Å². The average Bonchev–Trinajstić information content (AvgIpc) is 2.44. The lowest BCUT2D eigenvalue weighted by molar-refractivity contribution is -0.150. The van der Waals surface area contributed by atoms with Gasteiger partial charge in [-0.25, -0.2) is 4.79 Å². The molecule has 0 saturated heterocycles. The number of aliphatic hydroxyl groups excluding tert-OH is 1. The number of benzene rings is 1. The van der Waals surface area contributed by atoms with Gasteiger partial charge in [0, 0.05) is 17.2 Å². The molecule has 1 heterocycles. The smallest absolute Gasteiger partial charge is 0.339 e. The molecule has 0 fully saturated rings. The third-order valence-electron chi connectivity index (χ3n) is 2.98. The highest BCUT2D eigenvalue weighted by Crippen LogP contribution is 2.42. The molecule has 1 aromatic rings. The van der Waals surface area contributed by atoms with E-state index in [2.05, 4.69) is 4.74 Å². The van der Waals surface area contributed by atoms with Gasteiger partial charge in [0.1, 0.15) is 13.2 Å². The van der Waals surface area contributed by atoms with Gasteiger partial charge in [-0.15, -0.1) is 0 Å². The van der Waals surface area contributed by atoms with Crippen LogP contribution in [0.3, 0.4) is 0 Å². The summed E-state index contributed by atoms with van der Waals surface area (Å²) in [6, 6.07) is 1.55. The van der Waals surface area contributed by atoms with Gasteiger partial charge in [0.15, 0.2) is 17.6 Å². The zero-order valence-corrected chi connectivity index (χ0v) is 11.5. The Morgan fingerprint density at radius 1 is 1.53 bits per heavy atom. The summed E-state index contributed by atoms with van der Waals surface area (Å²) in [5, 5.41) is 10.3. The second-order valence-electron chi connectivity index (χ2n) is 4.05. The molecule has 6 heteroatoms. The van der Waals surface area contributed by atoms with Crippen molar-refractivity contribution in [1.29, 1.82) is 0 Å². The second-order valence-corrected chi connectivity index (χ2v) is 4.46. The summed E-state index contributed by atoms with van der Waals surface area (Å²) < 4.78 is 15.6. The van der Waals surface area contributed by atoms with Crippen LogP contribution in [0.1, 0.15) is 24.2 Å². The van der Waals surface area contributed by atoms with Gasteiger partial charge in [0.2, 0.25) is 0 Å². The average molecular weight is 287 g/mol. The lowest BCUT2D eigenvalue weighted by atomic mass is 9.98. The molecule has 0 saturated carbocycles. The molecule has 1 aliphatic rings. The lowest BCUT2D eigenvalue weighted by Crippen LogP contribution is -2.20. The van der Waals surface area contributed by atoms with Crippen molar-refractivity contribution in [3.8, 4) is 11.5 Å². The molecule has 1 aromatic carbocycles. The molecule has 19 heavy (non-hydrogen) atoms. The summed E-state index contributed by atoms with van der Waals surface area (Å²) in [5.74, 6) is 0.318. The molecular weight excluding hydrogens is 272 g/mol. The summed E-state index contributed by atoms with van der Waals surface area (Å²) in [5.41, 5.74) is 0.986. The topological polar surface area (TPSA) is 65.0 Å². The van der Waals surface area contributed by atoms with E-state index in [0.29, 0.717) is 42.3 Å². The second kappa shape index (κ2) is 5.67. The van der Waals surface area contributed by atoms with Crippen LogP contribution in [-0.4, -0.2) is 31.4 Å². The molecular formula is C13H15ClO5. The Morgan fingerprint density at radius 2 is 2.21 bits per heavy atom. The molecule has 0 bridgehead atoms. The minimum absolute atomic E-state index is 0.263. The number of ether oxygens (including phenoxy) is 3. The van der Waals surface area contributed by atoms with Crippen LogP contribution in [-0.2, 0) is 16.0 Å². The van der Waals surface area contributed by atoms with Crippen LogP contribution in [0.25, 0.3) is 0 Å². The van der Waals surface area contributed by atoms with Crippen molar-refractivity contribution in [2.45, 2.75) is 19.4 Å². The standard InChI is InChI=1S/C13H15ClO5/c1-3-7-10(11(15)13(16)17-2)8(14)6-9-12(7)19-5-4-18-9/h6,11,15H,3-5H2,1-2H3. The molecule has 0 radical (unpaired) electrons. The minimum atomic E-state index is -1.43. The van der Waals surface area contributed by atoms with Crippen LogP contribution < -0.4 is 9.47 Å². The molecule has 2 rings (SSSR count). The van der Waals surface area contributed by atoms with E-state index in [9.17, 15) is 9.90 Å². The van der Waals surface area contributed by atoms with Gasteiger partial charge < -0.3 is 19.3 Å². The monoisotopic (exact) mass is 286 g/mol. The van der Waals surface area contributed by atoms with Crippen LogP contribution in [0.2, 0.25) is 5.02 Å². The zero-order chi connectivity index (χ0) is 14.0. The molecule has 104 valence electrons. The van der Waals surface area contributed by atoms with E-state index in [0.717, 1.165) is 0 Å². The first-order chi connectivity index (χ1) is 9.10. The van der Waals surface area contributed by atoms with Crippen molar-refractivity contribution >= 4 is 17.6 Å². The lowest BCUT2D eigenvalue weighted by Gasteiger charge is -2.24. The van der Waals surface area contributed by atoms with Gasteiger partial charge in [-0.05, 0) is 6.42 Å². The first kappa shape index (κ1) is 14.0. The Labute approximate surface area is 116 Å². The molecule has 1 aliphatic heterocycles. The van der Waals surface area contributed by atoms with Crippen molar-refractivity contribution in [2.24, 2.45) is 0 Å². The summed E-state index contributed by atoms with van der Waals surface area (Å²) >= 11 is 6.14. The molecule has 0 amide bonds. The highest BCUT2D eigenvalue weighted by atomic mass is 35.5. The fourth-order valence-electron chi connectivity index (χ4n) is 2.11. The van der Waals surface area contributed by atoms with Crippen molar-refractivity contribution < 1.29 is 24.1 Å². The Hall–Kier alpha value is -1.46. The maximum Gasteiger partial charge on any atom is 0.339 e. The van der Waals surface area contributed by atoms with Gasteiger partial charge in [0.05, 0.1) is 12.1 Å². The predicted octanol–water partition coefficient (Wildman–Crippen LogP) is 1.88. The summed E-state index contributed by atoms with van der Waals surface area (Å²) in [6.07, 6.45) is -0.876. The fourth-order valence-corrected chi connectivity index (χ4v) is 2.43. The number of hydrogen-bond donors (Lipinski definition) is 1. The Morgan fingerprint density at radius 3 is 2.84 bits per heavy atom. The van der Waals surface area contributed by atoms with Gasteiger partial charge in [0.25, 0.3) is 0 Å². The number of rotatable bonds is 3. The number of aliphatic hydroxyl groups is 1. The van der Waals surface area contributed by atoms with Crippen LogP contribution >= 0.6 is 11.6 Å². The molecule has 1 N–H and O–H groups in total. The minimum Gasteiger partial charge on any atom is -0.486 e. The first-order valence-corrected chi connectivity index (χ1v) is 6.34. The van der Waals surface area contributed by atoms with Crippen LogP contribution in [0.5, 0.6) is 11.5 Å². The first-order valence-electron chi connectivity index (χ1n) is 5.96. The summed E-state index contributed by atoms with van der Waals surface area (Å²) in [7, 11) is 1.21. The number of halogens is 1. The number of hydrogen-bond acceptors (Lipinski definition) is 5. The van der Waals surface area contributed by atoms with Crippen molar-refractivity contribution in [1.82, 2.24) is 0 Å². The third-order valence-corrected chi connectivity index (χ3v) is 3.29. The molecule has 1 atom stereocenters. The van der Waals surface area contributed by atoms with E-state index in [-0.39, 0.29) is 5.02 Å². The number of esters is 1. The Balaban J connectivity index is 2.56. The maximum absolute atomic E-state index is 11.5. The van der Waals surface area contributed by atoms with E-state index in [1.165, 1.54) is 7.11 Å². The quantitative estimate of drug-likeness (QED) is 0.860. The fraction of sp³-hybridized carbons (Fsp3) is 0.462. The van der Waals surface area contributed by atoms with Crippen molar-refractivity contribution in [2.75, 3.05) is 20.3 Å². The summed E-state index contributed by atoms with van der Waals surface area (Å²) in [4.78, 5) is 11.5. The number of methoxy groups -OCH3 is 1. The molecule has 5 nitrogen and oxygen atoms in total. The highest BCUT2D eigenvalue weighted by molar-refractivity contribution is 6.32. The highest BCUT2D eigenvalue weighted by Gasteiger charge is 2.29. The predicted molar refractivity (Wildman–Crippen MR) is 68.8 cm³/mol. The summed E-state index contributed by atoms with van der Waals surface area (Å²) in [6.45, 7) is 2.76.